The molecule has 16 heavy (non-hydrogen) atoms. The van der Waals surface area contributed by atoms with Gasteiger partial charge in [-0.25, -0.2) is 4.39 Å². The van der Waals surface area contributed by atoms with E-state index in [-0.39, 0.29) is 17.6 Å². The number of nitrogens with one attached hydrogen (secondary N) is 1. The van der Waals surface area contributed by atoms with E-state index in [0.717, 1.165) is 18.4 Å². The molecule has 86 valence electrons. The minimum absolute atomic E-state index is 0.0613. The van der Waals surface area contributed by atoms with Gasteiger partial charge in [0.15, 0.2) is 0 Å². The third-order valence-corrected chi connectivity index (χ3v) is 3.43. The summed E-state index contributed by atoms with van der Waals surface area (Å²) in [5, 5.41) is 2.65. The van der Waals surface area contributed by atoms with E-state index in [1.165, 1.54) is 6.07 Å². The van der Waals surface area contributed by atoms with Gasteiger partial charge >= 0.3 is 0 Å². The van der Waals surface area contributed by atoms with Crippen LogP contribution in [0.5, 0.6) is 0 Å². The molecule has 3 heteroatoms. The highest BCUT2D eigenvalue weighted by atomic mass is 19.1. The van der Waals surface area contributed by atoms with Crippen molar-refractivity contribution in [3.63, 3.8) is 0 Å². The average Bonchev–Trinajstić information content (AvgIpc) is 2.60. The summed E-state index contributed by atoms with van der Waals surface area (Å²) < 4.78 is 13.5. The number of amides is 1. The molecular weight excluding hydrogens is 205 g/mol. The lowest BCUT2D eigenvalue weighted by Crippen LogP contribution is -2.20. The van der Waals surface area contributed by atoms with Crippen molar-refractivity contribution in [1.82, 2.24) is 0 Å². The monoisotopic (exact) mass is 221 g/mol. The van der Waals surface area contributed by atoms with Gasteiger partial charge in [-0.1, -0.05) is 38.8 Å². The molecule has 1 aromatic carbocycles. The first kappa shape index (κ1) is 11.1. The molecule has 0 spiro atoms. The third kappa shape index (κ3) is 1.60. The first-order chi connectivity index (χ1) is 7.69. The molecule has 1 atom stereocenters. The molecule has 1 heterocycles. The van der Waals surface area contributed by atoms with Crippen LogP contribution in [0.1, 0.15) is 38.2 Å². The van der Waals surface area contributed by atoms with E-state index in [9.17, 15) is 9.18 Å². The maximum Gasteiger partial charge on any atom is 0.232 e. The lowest BCUT2D eigenvalue weighted by atomic mass is 9.83. The number of hydrogen-bond donors (Lipinski definition) is 1. The van der Waals surface area contributed by atoms with Crippen molar-refractivity contribution < 1.29 is 9.18 Å². The van der Waals surface area contributed by atoms with Crippen LogP contribution in [0.25, 0.3) is 0 Å². The summed E-state index contributed by atoms with van der Waals surface area (Å²) in [4.78, 5) is 11.9. The summed E-state index contributed by atoms with van der Waals surface area (Å²) in [7, 11) is 0. The van der Waals surface area contributed by atoms with Gasteiger partial charge in [0.2, 0.25) is 5.91 Å². The van der Waals surface area contributed by atoms with Gasteiger partial charge in [-0.2, -0.15) is 0 Å². The molecule has 1 aliphatic rings. The van der Waals surface area contributed by atoms with Crippen LogP contribution >= 0.6 is 0 Å². The second-order valence-corrected chi connectivity index (χ2v) is 4.25. The highest BCUT2D eigenvalue weighted by molar-refractivity contribution is 6.03. The van der Waals surface area contributed by atoms with Gasteiger partial charge in [-0.3, -0.25) is 4.79 Å². The maximum atomic E-state index is 13.5. The maximum absolute atomic E-state index is 13.5. The van der Waals surface area contributed by atoms with Crippen LogP contribution in [-0.4, -0.2) is 5.91 Å². The van der Waals surface area contributed by atoms with Crippen LogP contribution in [0.2, 0.25) is 0 Å². The molecule has 0 radical (unpaired) electrons. The van der Waals surface area contributed by atoms with Crippen LogP contribution in [-0.2, 0) is 4.79 Å². The number of benzene rings is 1. The highest BCUT2D eigenvalue weighted by Gasteiger charge is 2.36. The zero-order valence-electron chi connectivity index (χ0n) is 9.59. The second-order valence-electron chi connectivity index (χ2n) is 4.25. The van der Waals surface area contributed by atoms with Crippen molar-refractivity contribution in [3.8, 4) is 0 Å². The number of fused-ring (bicyclic) bond motifs is 1. The third-order valence-electron chi connectivity index (χ3n) is 3.43. The largest absolute Gasteiger partial charge is 0.323 e. The van der Waals surface area contributed by atoms with Crippen LogP contribution in [0, 0.1) is 11.7 Å². The lowest BCUT2D eigenvalue weighted by molar-refractivity contribution is -0.118. The number of carbonyl (C=O) groups excluding carboxylic acids is 1. The van der Waals surface area contributed by atoms with Crippen LogP contribution in [0.4, 0.5) is 10.1 Å². The van der Waals surface area contributed by atoms with Gasteiger partial charge in [-0.05, 0) is 17.5 Å². The number of hydrogen-bond acceptors (Lipinski definition) is 1. The van der Waals surface area contributed by atoms with E-state index in [4.69, 9.17) is 0 Å². The zero-order valence-corrected chi connectivity index (χ0v) is 9.59. The van der Waals surface area contributed by atoms with Crippen LogP contribution in [0.15, 0.2) is 18.2 Å². The second kappa shape index (κ2) is 4.24. The summed E-state index contributed by atoms with van der Waals surface area (Å²) in [6, 6.07) is 4.90. The fourth-order valence-corrected chi connectivity index (χ4v) is 2.50. The normalized spacial score (nSPS) is 18.8. The Morgan fingerprint density at radius 3 is 2.69 bits per heavy atom. The number of halogens is 1. The topological polar surface area (TPSA) is 29.1 Å². The molecule has 0 fully saturated rings. The van der Waals surface area contributed by atoms with E-state index < -0.39 is 0 Å². The quantitative estimate of drug-likeness (QED) is 0.833. The van der Waals surface area contributed by atoms with Crippen molar-refractivity contribution in [2.75, 3.05) is 5.32 Å². The molecule has 0 saturated carbocycles. The van der Waals surface area contributed by atoms with E-state index in [0.29, 0.717) is 11.6 Å². The number of para-hydroxylation sites is 1. The lowest BCUT2D eigenvalue weighted by Gasteiger charge is -2.18. The van der Waals surface area contributed by atoms with E-state index in [1.807, 2.05) is 6.07 Å². The molecule has 2 rings (SSSR count). The Balaban J connectivity index is 2.43. The molecule has 1 aliphatic heterocycles. The Bertz CT molecular complexity index is 412. The molecule has 1 amide bonds. The minimum Gasteiger partial charge on any atom is -0.323 e. The van der Waals surface area contributed by atoms with E-state index in [1.54, 1.807) is 6.07 Å². The molecule has 0 aliphatic carbocycles. The summed E-state index contributed by atoms with van der Waals surface area (Å²) in [6.07, 6.45) is 1.87. The molecule has 1 N–H and O–H groups in total. The molecule has 0 bridgehead atoms. The van der Waals surface area contributed by atoms with Crippen molar-refractivity contribution in [3.05, 3.63) is 29.6 Å². The number of rotatable bonds is 3. The van der Waals surface area contributed by atoms with Crippen LogP contribution in [0.3, 0.4) is 0 Å². The Hall–Kier alpha value is -1.38. The summed E-state index contributed by atoms with van der Waals surface area (Å²) in [5.74, 6) is -0.281. The zero-order chi connectivity index (χ0) is 11.7. The first-order valence-electron chi connectivity index (χ1n) is 5.78. The standard InChI is InChI=1S/C13H16FNO/c1-3-8(4-2)11-9-6-5-7-10(14)12(9)15-13(11)16/h5-8,11H,3-4H2,1-2H3,(H,15,16). The van der Waals surface area contributed by atoms with Crippen molar-refractivity contribution in [1.29, 1.82) is 0 Å². The fourth-order valence-electron chi connectivity index (χ4n) is 2.50. The summed E-state index contributed by atoms with van der Waals surface area (Å²) in [5.41, 5.74) is 1.20. The number of carbonyl (C=O) groups is 1. The molecule has 1 unspecified atom stereocenters. The predicted molar refractivity (Wildman–Crippen MR) is 61.8 cm³/mol. The first-order valence-corrected chi connectivity index (χ1v) is 5.78. The highest BCUT2D eigenvalue weighted by Crippen LogP contribution is 2.40. The van der Waals surface area contributed by atoms with Gasteiger partial charge < -0.3 is 5.32 Å². The average molecular weight is 221 g/mol. The van der Waals surface area contributed by atoms with Gasteiger partial charge in [0.05, 0.1) is 11.6 Å². The predicted octanol–water partition coefficient (Wildman–Crippen LogP) is 3.30. The summed E-state index contributed by atoms with van der Waals surface area (Å²) in [6.45, 7) is 4.14. The van der Waals surface area contributed by atoms with Gasteiger partial charge in [0.1, 0.15) is 5.82 Å². The van der Waals surface area contributed by atoms with Crippen molar-refractivity contribution in [2.24, 2.45) is 5.92 Å². The summed E-state index contributed by atoms with van der Waals surface area (Å²) >= 11 is 0. The Morgan fingerprint density at radius 1 is 1.38 bits per heavy atom. The Morgan fingerprint density at radius 2 is 2.06 bits per heavy atom. The van der Waals surface area contributed by atoms with Gasteiger partial charge in [-0.15, -0.1) is 0 Å². The Labute approximate surface area is 94.9 Å². The smallest absolute Gasteiger partial charge is 0.232 e. The SMILES string of the molecule is CCC(CC)C1C(=O)Nc2c(F)cccc21. The molecule has 2 nitrogen and oxygen atoms in total. The van der Waals surface area contributed by atoms with Crippen LogP contribution < -0.4 is 5.32 Å². The van der Waals surface area contributed by atoms with Crippen molar-refractivity contribution >= 4 is 11.6 Å². The molecule has 0 saturated heterocycles. The molecule has 1 aromatic rings. The van der Waals surface area contributed by atoms with Gasteiger partial charge in [0.25, 0.3) is 0 Å². The molecule has 0 aromatic heterocycles. The Kier molecular flexibility index (Phi) is 2.95. The number of anilines is 1. The van der Waals surface area contributed by atoms with E-state index in [2.05, 4.69) is 19.2 Å². The minimum atomic E-state index is -0.334. The van der Waals surface area contributed by atoms with Gasteiger partial charge in [0, 0.05) is 0 Å². The van der Waals surface area contributed by atoms with Crippen molar-refractivity contribution in [2.45, 2.75) is 32.6 Å². The molecular formula is C13H16FNO. The fraction of sp³-hybridized carbons (Fsp3) is 0.462. The van der Waals surface area contributed by atoms with E-state index >= 15 is 0 Å².